The van der Waals surface area contributed by atoms with Crippen molar-refractivity contribution in [3.8, 4) is 0 Å². The molecule has 0 N–H and O–H groups in total. The molecule has 1 saturated carbocycles. The highest BCUT2D eigenvalue weighted by molar-refractivity contribution is 8.21. The van der Waals surface area contributed by atoms with Gasteiger partial charge < -0.3 is 0 Å². The third-order valence-corrected chi connectivity index (χ3v) is 7.74. The number of carbonyl (C=O) groups excluding carboxylic acids is 1. The first-order valence-corrected chi connectivity index (χ1v) is 8.32. The van der Waals surface area contributed by atoms with Gasteiger partial charge in [-0.15, -0.1) is 30.1 Å². The molecule has 2 aliphatic carbocycles. The largest absolute Gasteiger partial charge is 0.299 e. The standard InChI is InChI=1S/C14H18OS2/c1-2-5-13-6-7-14(16-8-9-17-14)10-11(13)3-4-12(13)15/h2,10H,1,3-9H2/t13-/m1/s1. The Hall–Kier alpha value is -0.150. The minimum absolute atomic E-state index is 0.142. The summed E-state index contributed by atoms with van der Waals surface area (Å²) >= 11 is 4.16. The highest BCUT2D eigenvalue weighted by atomic mass is 32.2. The maximum atomic E-state index is 12.2. The number of hydrogen-bond acceptors (Lipinski definition) is 3. The summed E-state index contributed by atoms with van der Waals surface area (Å²) in [7, 11) is 0. The van der Waals surface area contributed by atoms with Gasteiger partial charge in [-0.1, -0.05) is 17.7 Å². The molecule has 0 unspecified atom stereocenters. The molecule has 2 fully saturated rings. The molecule has 0 radical (unpaired) electrons. The predicted molar refractivity (Wildman–Crippen MR) is 76.5 cm³/mol. The highest BCUT2D eigenvalue weighted by Gasteiger charge is 2.51. The van der Waals surface area contributed by atoms with Gasteiger partial charge in [-0.2, -0.15) is 0 Å². The van der Waals surface area contributed by atoms with Crippen molar-refractivity contribution in [1.29, 1.82) is 0 Å². The number of allylic oxidation sites excluding steroid dienone is 2. The number of ketones is 1. The van der Waals surface area contributed by atoms with Gasteiger partial charge >= 0.3 is 0 Å². The van der Waals surface area contributed by atoms with Crippen molar-refractivity contribution in [2.45, 2.75) is 36.2 Å². The summed E-state index contributed by atoms with van der Waals surface area (Å²) in [5.74, 6) is 2.99. The molecule has 1 atom stereocenters. The van der Waals surface area contributed by atoms with Crippen LogP contribution in [-0.2, 0) is 4.79 Å². The Morgan fingerprint density at radius 3 is 2.76 bits per heavy atom. The molecule has 1 aliphatic heterocycles. The van der Waals surface area contributed by atoms with Crippen LogP contribution in [0.3, 0.4) is 0 Å². The molecule has 0 amide bonds. The molecule has 1 heterocycles. The summed E-state index contributed by atoms with van der Waals surface area (Å²) in [5.41, 5.74) is 1.28. The topological polar surface area (TPSA) is 17.1 Å². The van der Waals surface area contributed by atoms with Crippen molar-refractivity contribution in [2.75, 3.05) is 11.5 Å². The third-order valence-electron chi connectivity index (χ3n) is 4.33. The molecule has 0 bridgehead atoms. The van der Waals surface area contributed by atoms with Gasteiger partial charge in [0.05, 0.1) is 9.49 Å². The van der Waals surface area contributed by atoms with Gasteiger partial charge in [-0.3, -0.25) is 4.79 Å². The SMILES string of the molecule is C=CC[C@@]12CCC3(C=C1CCC2=O)SCCS3. The molecule has 17 heavy (non-hydrogen) atoms. The lowest BCUT2D eigenvalue weighted by molar-refractivity contribution is -0.125. The smallest absolute Gasteiger partial charge is 0.143 e. The average Bonchev–Trinajstić information content (AvgIpc) is 2.89. The number of hydrogen-bond donors (Lipinski definition) is 0. The molecular weight excluding hydrogens is 248 g/mol. The number of Topliss-reactive ketones (excluding diaryl/α,β-unsaturated/α-hetero) is 1. The zero-order chi connectivity index (χ0) is 11.9. The van der Waals surface area contributed by atoms with Gasteiger partial charge in [0, 0.05) is 17.9 Å². The Labute approximate surface area is 111 Å². The van der Waals surface area contributed by atoms with Crippen LogP contribution < -0.4 is 0 Å². The number of fused-ring (bicyclic) bond motifs is 1. The maximum Gasteiger partial charge on any atom is 0.143 e. The van der Waals surface area contributed by atoms with Gasteiger partial charge in [0.2, 0.25) is 0 Å². The van der Waals surface area contributed by atoms with Crippen molar-refractivity contribution in [3.63, 3.8) is 0 Å². The lowest BCUT2D eigenvalue weighted by atomic mass is 9.71. The quantitative estimate of drug-likeness (QED) is 0.708. The lowest BCUT2D eigenvalue weighted by Gasteiger charge is -2.39. The fourth-order valence-corrected chi connectivity index (χ4v) is 6.57. The number of carbonyl (C=O) groups is 1. The molecule has 1 nitrogen and oxygen atoms in total. The maximum absolute atomic E-state index is 12.2. The summed E-state index contributed by atoms with van der Waals surface area (Å²) in [6.45, 7) is 3.84. The fraction of sp³-hybridized carbons (Fsp3) is 0.643. The first-order valence-electron chi connectivity index (χ1n) is 6.35. The molecule has 3 aliphatic rings. The van der Waals surface area contributed by atoms with E-state index in [2.05, 4.69) is 36.2 Å². The lowest BCUT2D eigenvalue weighted by Crippen LogP contribution is -2.34. The second-order valence-corrected chi connectivity index (χ2v) is 8.29. The van der Waals surface area contributed by atoms with E-state index in [9.17, 15) is 4.79 Å². The minimum Gasteiger partial charge on any atom is -0.299 e. The molecule has 3 heteroatoms. The average molecular weight is 266 g/mol. The number of thioether (sulfide) groups is 2. The normalized spacial score (nSPS) is 34.8. The van der Waals surface area contributed by atoms with Crippen LogP contribution in [0.15, 0.2) is 24.3 Å². The predicted octanol–water partition coefficient (Wildman–Crippen LogP) is 3.81. The summed E-state index contributed by atoms with van der Waals surface area (Å²) < 4.78 is 0.310. The van der Waals surface area contributed by atoms with Crippen molar-refractivity contribution in [2.24, 2.45) is 5.41 Å². The summed E-state index contributed by atoms with van der Waals surface area (Å²) in [5, 5.41) is 0. The van der Waals surface area contributed by atoms with E-state index >= 15 is 0 Å². The van der Waals surface area contributed by atoms with E-state index in [1.807, 2.05) is 6.08 Å². The first-order chi connectivity index (χ1) is 8.21. The first kappa shape index (κ1) is 11.9. The van der Waals surface area contributed by atoms with E-state index in [1.54, 1.807) is 0 Å². The molecule has 1 spiro atoms. The second kappa shape index (κ2) is 4.20. The van der Waals surface area contributed by atoms with Crippen LogP contribution in [0.1, 0.15) is 32.1 Å². The van der Waals surface area contributed by atoms with Crippen LogP contribution in [-0.4, -0.2) is 21.4 Å². The second-order valence-electron chi connectivity index (χ2n) is 5.18. The van der Waals surface area contributed by atoms with Crippen LogP contribution in [0.25, 0.3) is 0 Å². The van der Waals surface area contributed by atoms with Gasteiger partial charge in [0.15, 0.2) is 0 Å². The van der Waals surface area contributed by atoms with Gasteiger partial charge in [0.25, 0.3) is 0 Å². The zero-order valence-electron chi connectivity index (χ0n) is 10.0. The van der Waals surface area contributed by atoms with Crippen LogP contribution in [0.5, 0.6) is 0 Å². The Morgan fingerprint density at radius 2 is 2.06 bits per heavy atom. The van der Waals surface area contributed by atoms with Crippen molar-refractivity contribution in [1.82, 2.24) is 0 Å². The summed E-state index contributed by atoms with van der Waals surface area (Å²) in [4.78, 5) is 12.2. The Morgan fingerprint density at radius 1 is 1.29 bits per heavy atom. The van der Waals surface area contributed by atoms with Crippen LogP contribution in [0, 0.1) is 5.41 Å². The van der Waals surface area contributed by atoms with Crippen LogP contribution in [0.2, 0.25) is 0 Å². The van der Waals surface area contributed by atoms with Gasteiger partial charge in [0.1, 0.15) is 5.78 Å². The van der Waals surface area contributed by atoms with Gasteiger partial charge in [-0.25, -0.2) is 0 Å². The highest BCUT2D eigenvalue weighted by Crippen LogP contribution is 2.59. The van der Waals surface area contributed by atoms with Crippen molar-refractivity contribution >= 4 is 29.3 Å². The van der Waals surface area contributed by atoms with E-state index < -0.39 is 0 Å². The van der Waals surface area contributed by atoms with Gasteiger partial charge in [-0.05, 0) is 25.7 Å². The Bertz CT molecular complexity index is 393. The van der Waals surface area contributed by atoms with E-state index in [1.165, 1.54) is 17.1 Å². The molecule has 0 aromatic heterocycles. The Kier molecular flexibility index (Phi) is 2.94. The van der Waals surface area contributed by atoms with Crippen LogP contribution >= 0.6 is 23.5 Å². The zero-order valence-corrected chi connectivity index (χ0v) is 11.7. The molecule has 3 rings (SSSR count). The number of rotatable bonds is 2. The van der Waals surface area contributed by atoms with E-state index in [4.69, 9.17) is 0 Å². The Balaban J connectivity index is 1.98. The molecule has 0 aromatic rings. The fourth-order valence-electron chi connectivity index (χ4n) is 3.43. The molecule has 0 aromatic carbocycles. The van der Waals surface area contributed by atoms with E-state index in [0.717, 1.165) is 32.1 Å². The van der Waals surface area contributed by atoms with Crippen LogP contribution in [0.4, 0.5) is 0 Å². The van der Waals surface area contributed by atoms with Crippen molar-refractivity contribution < 1.29 is 4.79 Å². The summed E-state index contributed by atoms with van der Waals surface area (Å²) in [6, 6.07) is 0. The minimum atomic E-state index is -0.142. The molecule has 92 valence electrons. The monoisotopic (exact) mass is 266 g/mol. The summed E-state index contributed by atoms with van der Waals surface area (Å²) in [6.07, 6.45) is 9.19. The molecular formula is C14H18OS2. The third kappa shape index (κ3) is 1.74. The van der Waals surface area contributed by atoms with Crippen molar-refractivity contribution in [3.05, 3.63) is 24.3 Å². The van der Waals surface area contributed by atoms with E-state index in [-0.39, 0.29) is 5.41 Å². The molecule has 1 saturated heterocycles. The van der Waals surface area contributed by atoms with E-state index in [0.29, 0.717) is 9.86 Å².